The summed E-state index contributed by atoms with van der Waals surface area (Å²) in [6.07, 6.45) is -4.35. The molecule has 1 aromatic rings. The molecule has 0 atom stereocenters. The highest BCUT2D eigenvalue weighted by molar-refractivity contribution is 5.37. The van der Waals surface area contributed by atoms with Gasteiger partial charge >= 0.3 is 12.2 Å². The first-order valence-electron chi connectivity index (χ1n) is 4.98. The Morgan fingerprint density at radius 3 is 2.44 bits per heavy atom. The Morgan fingerprint density at radius 2 is 2.00 bits per heavy atom. The Morgan fingerprint density at radius 1 is 1.33 bits per heavy atom. The van der Waals surface area contributed by atoms with Crippen molar-refractivity contribution in [3.05, 3.63) is 0 Å². The van der Waals surface area contributed by atoms with Gasteiger partial charge in [0, 0.05) is 6.54 Å². The summed E-state index contributed by atoms with van der Waals surface area (Å²) in [5, 5.41) is 0. The Balaban J connectivity index is 3.04. The number of nitrogens with one attached hydrogen (secondary N) is 1. The zero-order chi connectivity index (χ0) is 13.8. The van der Waals surface area contributed by atoms with Gasteiger partial charge in [-0.2, -0.15) is 28.1 Å². The second-order valence-electron chi connectivity index (χ2n) is 3.22. The van der Waals surface area contributed by atoms with Gasteiger partial charge in [-0.15, -0.1) is 0 Å². The number of nitrogen functional groups attached to an aromatic ring is 1. The zero-order valence-corrected chi connectivity index (χ0v) is 9.82. The van der Waals surface area contributed by atoms with Crippen LogP contribution >= 0.6 is 0 Å². The van der Waals surface area contributed by atoms with Gasteiger partial charge in [0.25, 0.3) is 0 Å². The maximum Gasteiger partial charge on any atom is 0.406 e. The molecule has 0 aliphatic rings. The van der Waals surface area contributed by atoms with Gasteiger partial charge in [0.2, 0.25) is 11.9 Å². The first kappa shape index (κ1) is 14.2. The van der Waals surface area contributed by atoms with Gasteiger partial charge in [0.1, 0.15) is 6.54 Å². The number of hydrogen-bond donors (Lipinski definition) is 2. The molecule has 0 bridgehead atoms. The molecule has 0 amide bonds. The fourth-order valence-corrected chi connectivity index (χ4v) is 1.18. The van der Waals surface area contributed by atoms with Crippen LogP contribution in [0.2, 0.25) is 0 Å². The number of anilines is 2. The van der Waals surface area contributed by atoms with Gasteiger partial charge < -0.3 is 9.64 Å². The van der Waals surface area contributed by atoms with Crippen LogP contribution < -0.4 is 20.9 Å². The standard InChI is InChI=1S/C8H13F3N6O/c1-3-17(4-8(9,10)11)6-13-5(16-12)14-7(15-6)18-2/h3-4,12H2,1-2H3,(H,13,14,15,16). The van der Waals surface area contributed by atoms with Crippen LogP contribution in [0, 0.1) is 0 Å². The highest BCUT2D eigenvalue weighted by Crippen LogP contribution is 2.21. The minimum Gasteiger partial charge on any atom is -0.467 e. The number of hydrogen-bond acceptors (Lipinski definition) is 7. The summed E-state index contributed by atoms with van der Waals surface area (Å²) in [4.78, 5) is 12.1. The summed E-state index contributed by atoms with van der Waals surface area (Å²) in [5.74, 6) is 4.88. The number of nitrogens with zero attached hydrogens (tertiary/aromatic N) is 4. The average molecular weight is 266 g/mol. The summed E-state index contributed by atoms with van der Waals surface area (Å²) in [7, 11) is 1.29. The molecule has 7 nitrogen and oxygen atoms in total. The van der Waals surface area contributed by atoms with Gasteiger partial charge in [0.15, 0.2) is 0 Å². The van der Waals surface area contributed by atoms with Crippen LogP contribution in [0.5, 0.6) is 6.01 Å². The molecule has 1 rings (SSSR count). The molecule has 0 spiro atoms. The van der Waals surface area contributed by atoms with Crippen LogP contribution in [0.1, 0.15) is 6.92 Å². The van der Waals surface area contributed by atoms with Gasteiger partial charge in [-0.1, -0.05) is 0 Å². The second-order valence-corrected chi connectivity index (χ2v) is 3.22. The molecule has 3 N–H and O–H groups in total. The van der Waals surface area contributed by atoms with Gasteiger partial charge in [0.05, 0.1) is 7.11 Å². The highest BCUT2D eigenvalue weighted by Gasteiger charge is 2.31. The Labute approximate surface area is 101 Å². The summed E-state index contributed by atoms with van der Waals surface area (Å²) < 4.78 is 41.8. The Kier molecular flexibility index (Phi) is 4.48. The molecule has 0 radical (unpaired) electrons. The summed E-state index contributed by atoms with van der Waals surface area (Å²) >= 11 is 0. The first-order chi connectivity index (χ1) is 8.39. The third kappa shape index (κ3) is 3.87. The third-order valence-corrected chi connectivity index (χ3v) is 1.95. The molecule has 0 saturated heterocycles. The van der Waals surface area contributed by atoms with E-state index in [1.807, 2.05) is 0 Å². The van der Waals surface area contributed by atoms with Crippen molar-refractivity contribution in [2.45, 2.75) is 13.1 Å². The van der Waals surface area contributed by atoms with Crippen molar-refractivity contribution < 1.29 is 17.9 Å². The van der Waals surface area contributed by atoms with E-state index in [2.05, 4.69) is 20.4 Å². The number of halogens is 3. The SMILES string of the molecule is CCN(CC(F)(F)F)c1nc(NN)nc(OC)n1. The predicted molar refractivity (Wildman–Crippen MR) is 58.1 cm³/mol. The Bertz CT molecular complexity index is 377. The normalized spacial score (nSPS) is 11.2. The van der Waals surface area contributed by atoms with Crippen molar-refractivity contribution in [3.8, 4) is 6.01 Å². The molecular formula is C8H13F3N6O. The fraction of sp³-hybridized carbons (Fsp3) is 0.625. The van der Waals surface area contributed by atoms with Crippen molar-refractivity contribution in [2.75, 3.05) is 30.5 Å². The molecule has 10 heteroatoms. The lowest BCUT2D eigenvalue weighted by molar-refractivity contribution is -0.119. The van der Waals surface area contributed by atoms with Crippen molar-refractivity contribution in [2.24, 2.45) is 5.84 Å². The smallest absolute Gasteiger partial charge is 0.406 e. The van der Waals surface area contributed by atoms with E-state index < -0.39 is 12.7 Å². The molecule has 1 heterocycles. The molecule has 0 aromatic carbocycles. The monoisotopic (exact) mass is 266 g/mol. The molecule has 1 aromatic heterocycles. The van der Waals surface area contributed by atoms with Crippen molar-refractivity contribution in [1.82, 2.24) is 15.0 Å². The molecule has 0 unspecified atom stereocenters. The number of alkyl halides is 3. The summed E-state index contributed by atoms with van der Waals surface area (Å²) in [6, 6.07) is -0.117. The van der Waals surface area contributed by atoms with Crippen LogP contribution in [-0.2, 0) is 0 Å². The second kappa shape index (κ2) is 5.67. The average Bonchev–Trinajstić information content (AvgIpc) is 2.34. The maximum absolute atomic E-state index is 12.4. The fourth-order valence-electron chi connectivity index (χ4n) is 1.18. The quantitative estimate of drug-likeness (QED) is 0.594. The van der Waals surface area contributed by atoms with Crippen molar-refractivity contribution >= 4 is 11.9 Å². The number of aromatic nitrogens is 3. The summed E-state index contributed by atoms with van der Waals surface area (Å²) in [5.41, 5.74) is 2.13. The molecule has 18 heavy (non-hydrogen) atoms. The minimum atomic E-state index is -4.35. The van der Waals surface area contributed by atoms with E-state index in [-0.39, 0.29) is 24.5 Å². The number of nitrogens with two attached hydrogens (primary N) is 1. The highest BCUT2D eigenvalue weighted by atomic mass is 19.4. The van der Waals surface area contributed by atoms with Crippen molar-refractivity contribution in [1.29, 1.82) is 0 Å². The summed E-state index contributed by atoms with van der Waals surface area (Å²) in [6.45, 7) is 0.467. The lowest BCUT2D eigenvalue weighted by atomic mass is 10.5. The molecular weight excluding hydrogens is 253 g/mol. The van der Waals surface area contributed by atoms with Crippen LogP contribution in [0.4, 0.5) is 25.1 Å². The first-order valence-corrected chi connectivity index (χ1v) is 4.98. The van der Waals surface area contributed by atoms with E-state index in [0.29, 0.717) is 0 Å². The molecule has 0 aliphatic heterocycles. The van der Waals surface area contributed by atoms with E-state index >= 15 is 0 Å². The van der Waals surface area contributed by atoms with Crippen molar-refractivity contribution in [3.63, 3.8) is 0 Å². The lowest BCUT2D eigenvalue weighted by Crippen LogP contribution is -2.35. The maximum atomic E-state index is 12.4. The number of rotatable bonds is 5. The van der Waals surface area contributed by atoms with E-state index in [1.165, 1.54) is 7.11 Å². The van der Waals surface area contributed by atoms with Gasteiger partial charge in [-0.3, -0.25) is 5.43 Å². The molecule has 0 fully saturated rings. The van der Waals surface area contributed by atoms with Crippen LogP contribution in [0.15, 0.2) is 0 Å². The molecule has 0 saturated carbocycles. The van der Waals surface area contributed by atoms with Crippen LogP contribution in [-0.4, -0.2) is 41.3 Å². The molecule has 102 valence electrons. The van der Waals surface area contributed by atoms with E-state index in [0.717, 1.165) is 4.90 Å². The number of hydrazine groups is 1. The third-order valence-electron chi connectivity index (χ3n) is 1.95. The van der Waals surface area contributed by atoms with Gasteiger partial charge in [-0.05, 0) is 6.92 Å². The lowest BCUT2D eigenvalue weighted by Gasteiger charge is -2.22. The predicted octanol–water partition coefficient (Wildman–Crippen LogP) is 0.554. The largest absolute Gasteiger partial charge is 0.467 e. The molecule has 0 aliphatic carbocycles. The van der Waals surface area contributed by atoms with E-state index in [4.69, 9.17) is 10.6 Å². The number of methoxy groups -OCH3 is 1. The Hall–Kier alpha value is -1.84. The zero-order valence-electron chi connectivity index (χ0n) is 9.82. The topological polar surface area (TPSA) is 89.2 Å². The van der Waals surface area contributed by atoms with Crippen LogP contribution in [0.3, 0.4) is 0 Å². The minimum absolute atomic E-state index is 0.0718. The number of ether oxygens (including phenoxy) is 1. The van der Waals surface area contributed by atoms with Crippen LogP contribution in [0.25, 0.3) is 0 Å². The van der Waals surface area contributed by atoms with E-state index in [9.17, 15) is 13.2 Å². The van der Waals surface area contributed by atoms with Gasteiger partial charge in [-0.25, -0.2) is 5.84 Å². The van der Waals surface area contributed by atoms with E-state index in [1.54, 1.807) is 6.92 Å².